The molecule has 0 aliphatic carbocycles. The topological polar surface area (TPSA) is 95.1 Å². The summed E-state index contributed by atoms with van der Waals surface area (Å²) in [6.45, 7) is 1.85. The third kappa shape index (κ3) is 4.41. The maximum absolute atomic E-state index is 12.4. The Morgan fingerprint density at radius 3 is 1.81 bits per heavy atom. The van der Waals surface area contributed by atoms with E-state index in [0.717, 1.165) is 5.56 Å². The zero-order valence-corrected chi connectivity index (χ0v) is 15.8. The molecule has 0 atom stereocenters. The molecule has 8 nitrogen and oxygen atoms in total. The van der Waals surface area contributed by atoms with Gasteiger partial charge < -0.3 is 18.9 Å². The first kappa shape index (κ1) is 19.9. The Balaban J connectivity index is 2.18. The van der Waals surface area contributed by atoms with E-state index >= 15 is 0 Å². The second kappa shape index (κ2) is 8.79. The van der Waals surface area contributed by atoms with Crippen LogP contribution in [0, 0.1) is 6.92 Å². The number of carbonyl (C=O) groups excluding carboxylic acids is 2. The van der Waals surface area contributed by atoms with Crippen LogP contribution < -0.4 is 29.8 Å². The van der Waals surface area contributed by atoms with Gasteiger partial charge in [0.2, 0.25) is 5.75 Å². The molecule has 0 radical (unpaired) electrons. The van der Waals surface area contributed by atoms with E-state index in [-0.39, 0.29) is 5.56 Å². The molecule has 0 unspecified atom stereocenters. The molecule has 8 heteroatoms. The van der Waals surface area contributed by atoms with Crippen molar-refractivity contribution in [1.29, 1.82) is 0 Å². The number of nitrogens with one attached hydrogen (secondary N) is 2. The molecule has 2 aromatic rings. The summed E-state index contributed by atoms with van der Waals surface area (Å²) in [7, 11) is 5.83. The highest BCUT2D eigenvalue weighted by atomic mass is 16.5. The summed E-state index contributed by atoms with van der Waals surface area (Å²) in [5.74, 6) is 0.373. The summed E-state index contributed by atoms with van der Waals surface area (Å²) in [6.07, 6.45) is 0. The molecule has 2 rings (SSSR count). The number of ether oxygens (including phenoxy) is 4. The molecular formula is C19H22N2O6. The minimum atomic E-state index is -0.547. The predicted molar refractivity (Wildman–Crippen MR) is 98.8 cm³/mol. The van der Waals surface area contributed by atoms with E-state index in [2.05, 4.69) is 10.9 Å². The first-order valence-electron chi connectivity index (χ1n) is 8.00. The fraction of sp³-hybridized carbons (Fsp3) is 0.263. The predicted octanol–water partition coefficient (Wildman–Crippen LogP) is 2.10. The largest absolute Gasteiger partial charge is 0.496 e. The molecule has 2 amide bonds. The summed E-state index contributed by atoms with van der Waals surface area (Å²) in [5, 5.41) is 0. The van der Waals surface area contributed by atoms with E-state index in [9.17, 15) is 9.59 Å². The van der Waals surface area contributed by atoms with Gasteiger partial charge in [-0.1, -0.05) is 11.6 Å². The smallest absolute Gasteiger partial charge is 0.273 e. The Hall–Kier alpha value is -3.42. The average molecular weight is 374 g/mol. The maximum Gasteiger partial charge on any atom is 0.273 e. The number of methoxy groups -OCH3 is 4. The standard InChI is InChI=1S/C19H22N2O6/c1-11-6-7-14(24-2)13(8-11)19(23)21-20-18(22)12-9-15(25-3)17(27-5)16(10-12)26-4/h6-10H,1-5H3,(H,20,22)(H,21,23). The van der Waals surface area contributed by atoms with Crippen molar-refractivity contribution < 1.29 is 28.5 Å². The molecule has 144 valence electrons. The molecule has 0 fully saturated rings. The summed E-state index contributed by atoms with van der Waals surface area (Å²) in [4.78, 5) is 24.8. The molecule has 0 saturated carbocycles. The van der Waals surface area contributed by atoms with E-state index in [1.807, 2.05) is 13.0 Å². The Labute approximate surface area is 157 Å². The number of benzene rings is 2. The van der Waals surface area contributed by atoms with Gasteiger partial charge in [-0.15, -0.1) is 0 Å². The van der Waals surface area contributed by atoms with Crippen LogP contribution in [0.2, 0.25) is 0 Å². The van der Waals surface area contributed by atoms with Gasteiger partial charge in [-0.3, -0.25) is 20.4 Å². The van der Waals surface area contributed by atoms with E-state index in [1.165, 1.54) is 40.6 Å². The molecular weight excluding hydrogens is 352 g/mol. The number of hydrogen-bond acceptors (Lipinski definition) is 6. The molecule has 0 bridgehead atoms. The molecule has 0 heterocycles. The van der Waals surface area contributed by atoms with E-state index in [1.54, 1.807) is 12.1 Å². The van der Waals surface area contributed by atoms with Gasteiger partial charge in [-0.05, 0) is 31.2 Å². The van der Waals surface area contributed by atoms with Crippen molar-refractivity contribution in [3.8, 4) is 23.0 Å². The molecule has 0 spiro atoms. The lowest BCUT2D eigenvalue weighted by molar-refractivity contribution is 0.0844. The highest BCUT2D eigenvalue weighted by Gasteiger charge is 2.18. The van der Waals surface area contributed by atoms with Crippen molar-refractivity contribution in [2.45, 2.75) is 6.92 Å². The van der Waals surface area contributed by atoms with E-state index in [0.29, 0.717) is 28.6 Å². The minimum Gasteiger partial charge on any atom is -0.496 e. The second-order valence-electron chi connectivity index (χ2n) is 5.53. The van der Waals surface area contributed by atoms with Gasteiger partial charge in [0.25, 0.3) is 11.8 Å². The highest BCUT2D eigenvalue weighted by molar-refractivity contribution is 6.01. The molecule has 0 aliphatic rings. The first-order chi connectivity index (χ1) is 12.9. The van der Waals surface area contributed by atoms with Crippen LogP contribution in [0.4, 0.5) is 0 Å². The Morgan fingerprint density at radius 2 is 1.30 bits per heavy atom. The van der Waals surface area contributed by atoms with Crippen LogP contribution in [0.1, 0.15) is 26.3 Å². The lowest BCUT2D eigenvalue weighted by Crippen LogP contribution is -2.41. The number of amides is 2. The number of carbonyl (C=O) groups is 2. The number of hydrogen-bond donors (Lipinski definition) is 2. The Kier molecular flexibility index (Phi) is 6.48. The molecule has 2 aromatic carbocycles. The molecule has 0 aliphatic heterocycles. The van der Waals surface area contributed by atoms with Crippen molar-refractivity contribution in [2.75, 3.05) is 28.4 Å². The van der Waals surface area contributed by atoms with Crippen LogP contribution in [-0.2, 0) is 0 Å². The van der Waals surface area contributed by atoms with Gasteiger partial charge in [0, 0.05) is 5.56 Å². The Morgan fingerprint density at radius 1 is 0.741 bits per heavy atom. The first-order valence-corrected chi connectivity index (χ1v) is 8.00. The van der Waals surface area contributed by atoms with Gasteiger partial charge in [0.15, 0.2) is 11.5 Å². The third-order valence-corrected chi connectivity index (χ3v) is 3.82. The van der Waals surface area contributed by atoms with Crippen LogP contribution in [0.5, 0.6) is 23.0 Å². The van der Waals surface area contributed by atoms with E-state index in [4.69, 9.17) is 18.9 Å². The number of aryl methyl sites for hydroxylation is 1. The monoisotopic (exact) mass is 374 g/mol. The van der Waals surface area contributed by atoms with Crippen molar-refractivity contribution >= 4 is 11.8 Å². The number of hydrazine groups is 1. The molecule has 0 aromatic heterocycles. The molecule has 0 saturated heterocycles. The quantitative estimate of drug-likeness (QED) is 0.752. The number of rotatable bonds is 6. The molecule has 27 heavy (non-hydrogen) atoms. The van der Waals surface area contributed by atoms with Crippen molar-refractivity contribution in [2.24, 2.45) is 0 Å². The minimum absolute atomic E-state index is 0.223. The third-order valence-electron chi connectivity index (χ3n) is 3.82. The second-order valence-corrected chi connectivity index (χ2v) is 5.53. The van der Waals surface area contributed by atoms with Crippen LogP contribution in [0.25, 0.3) is 0 Å². The highest BCUT2D eigenvalue weighted by Crippen LogP contribution is 2.38. The Bertz CT molecular complexity index is 825. The lowest BCUT2D eigenvalue weighted by atomic mass is 10.1. The normalized spacial score (nSPS) is 9.96. The van der Waals surface area contributed by atoms with Gasteiger partial charge in [0.1, 0.15) is 5.75 Å². The summed E-state index contributed by atoms with van der Waals surface area (Å²) >= 11 is 0. The van der Waals surface area contributed by atoms with Crippen LogP contribution >= 0.6 is 0 Å². The van der Waals surface area contributed by atoms with Gasteiger partial charge in [-0.25, -0.2) is 0 Å². The van der Waals surface area contributed by atoms with Crippen molar-refractivity contribution in [1.82, 2.24) is 10.9 Å². The van der Waals surface area contributed by atoms with Crippen LogP contribution in [0.15, 0.2) is 30.3 Å². The summed E-state index contributed by atoms with van der Waals surface area (Å²) in [6, 6.07) is 8.14. The zero-order chi connectivity index (χ0) is 20.0. The SMILES string of the molecule is COc1ccc(C)cc1C(=O)NNC(=O)c1cc(OC)c(OC)c(OC)c1. The van der Waals surface area contributed by atoms with Gasteiger partial charge in [0.05, 0.1) is 34.0 Å². The lowest BCUT2D eigenvalue weighted by Gasteiger charge is -2.14. The fourth-order valence-electron chi connectivity index (χ4n) is 2.46. The summed E-state index contributed by atoms with van der Waals surface area (Å²) in [5.41, 5.74) is 6.15. The zero-order valence-electron chi connectivity index (χ0n) is 15.8. The van der Waals surface area contributed by atoms with Gasteiger partial charge >= 0.3 is 0 Å². The molecule has 2 N–H and O–H groups in total. The maximum atomic E-state index is 12.4. The van der Waals surface area contributed by atoms with E-state index < -0.39 is 11.8 Å². The van der Waals surface area contributed by atoms with Crippen LogP contribution in [0.3, 0.4) is 0 Å². The summed E-state index contributed by atoms with van der Waals surface area (Å²) < 4.78 is 20.8. The average Bonchev–Trinajstić information content (AvgIpc) is 2.70. The van der Waals surface area contributed by atoms with Crippen LogP contribution in [-0.4, -0.2) is 40.3 Å². The van der Waals surface area contributed by atoms with Gasteiger partial charge in [-0.2, -0.15) is 0 Å². The van der Waals surface area contributed by atoms with Crippen molar-refractivity contribution in [3.05, 3.63) is 47.0 Å². The van der Waals surface area contributed by atoms with Crippen molar-refractivity contribution in [3.63, 3.8) is 0 Å². The fourth-order valence-corrected chi connectivity index (χ4v) is 2.46.